The third kappa shape index (κ3) is 2.91. The van der Waals surface area contributed by atoms with E-state index in [1.807, 2.05) is 28.9 Å². The van der Waals surface area contributed by atoms with E-state index in [4.69, 9.17) is 11.6 Å². The smallest absolute Gasteiger partial charge is 0.137 e. The van der Waals surface area contributed by atoms with Crippen molar-refractivity contribution in [1.82, 2.24) is 14.7 Å². The molecule has 0 bridgehead atoms. The van der Waals surface area contributed by atoms with E-state index in [1.54, 1.807) is 0 Å². The number of aliphatic hydroxyl groups excluding tert-OH is 1. The molecule has 2 atom stereocenters. The van der Waals surface area contributed by atoms with Crippen molar-refractivity contribution in [1.29, 1.82) is 0 Å². The molecule has 0 aromatic carbocycles. The summed E-state index contributed by atoms with van der Waals surface area (Å²) < 4.78 is 1.93. The van der Waals surface area contributed by atoms with Crippen LogP contribution in [0.3, 0.4) is 0 Å². The quantitative estimate of drug-likeness (QED) is 0.902. The van der Waals surface area contributed by atoms with E-state index in [0.717, 1.165) is 43.7 Å². The predicted molar refractivity (Wildman–Crippen MR) is 75.3 cm³/mol. The summed E-state index contributed by atoms with van der Waals surface area (Å²) in [6, 6.07) is 3.75. The Labute approximate surface area is 117 Å². The zero-order valence-electron chi connectivity index (χ0n) is 10.7. The van der Waals surface area contributed by atoms with Gasteiger partial charge < -0.3 is 14.8 Å². The zero-order chi connectivity index (χ0) is 13.2. The zero-order valence-corrected chi connectivity index (χ0v) is 11.5. The van der Waals surface area contributed by atoms with Gasteiger partial charge in [0, 0.05) is 25.5 Å². The third-order valence-electron chi connectivity index (χ3n) is 3.80. The molecule has 1 fully saturated rings. The lowest BCUT2D eigenvalue weighted by atomic mass is 10.1. The van der Waals surface area contributed by atoms with Gasteiger partial charge in [-0.15, -0.1) is 0 Å². The minimum Gasteiger partial charge on any atom is -0.393 e. The molecule has 1 aliphatic rings. The van der Waals surface area contributed by atoms with Gasteiger partial charge in [0.25, 0.3) is 0 Å². The highest BCUT2D eigenvalue weighted by molar-refractivity contribution is 6.30. The summed E-state index contributed by atoms with van der Waals surface area (Å²) in [7, 11) is 0. The van der Waals surface area contributed by atoms with E-state index in [9.17, 15) is 5.11 Å². The van der Waals surface area contributed by atoms with Gasteiger partial charge in [-0.05, 0) is 30.9 Å². The van der Waals surface area contributed by atoms with E-state index >= 15 is 0 Å². The van der Waals surface area contributed by atoms with E-state index in [-0.39, 0.29) is 6.10 Å². The molecule has 0 aliphatic heterocycles. The fraction of sp³-hybridized carbons (Fsp3) is 0.500. The van der Waals surface area contributed by atoms with Crippen molar-refractivity contribution in [3.63, 3.8) is 0 Å². The summed E-state index contributed by atoms with van der Waals surface area (Å²) in [6.07, 6.45) is 6.91. The van der Waals surface area contributed by atoms with E-state index in [2.05, 4.69) is 10.3 Å². The number of rotatable bonds is 4. The molecule has 4 nitrogen and oxygen atoms in total. The van der Waals surface area contributed by atoms with E-state index in [1.165, 1.54) is 0 Å². The molecule has 1 aliphatic carbocycles. The molecule has 19 heavy (non-hydrogen) atoms. The minimum absolute atomic E-state index is 0.132. The Morgan fingerprint density at radius 2 is 2.26 bits per heavy atom. The van der Waals surface area contributed by atoms with Crippen LogP contribution >= 0.6 is 11.6 Å². The number of nitrogens with one attached hydrogen (secondary N) is 1. The highest BCUT2D eigenvalue weighted by Crippen LogP contribution is 2.24. The van der Waals surface area contributed by atoms with Crippen molar-refractivity contribution in [2.24, 2.45) is 5.92 Å². The average molecular weight is 280 g/mol. The number of hydrogen-bond acceptors (Lipinski definition) is 3. The number of halogens is 1. The van der Waals surface area contributed by atoms with Gasteiger partial charge in [0.05, 0.1) is 16.8 Å². The lowest BCUT2D eigenvalue weighted by Gasteiger charge is -2.14. The molecule has 0 radical (unpaired) electrons. The number of nitrogens with zero attached hydrogens (tertiary/aromatic N) is 2. The molecule has 2 aromatic heterocycles. The molecular formula is C14H18ClN3O. The third-order valence-corrected chi connectivity index (χ3v) is 4.02. The van der Waals surface area contributed by atoms with Crippen molar-refractivity contribution in [3.05, 3.63) is 35.2 Å². The molecule has 102 valence electrons. The number of aromatic nitrogens is 2. The Hall–Kier alpha value is -1.10. The van der Waals surface area contributed by atoms with Crippen molar-refractivity contribution in [2.45, 2.75) is 31.9 Å². The van der Waals surface area contributed by atoms with Gasteiger partial charge in [-0.2, -0.15) is 0 Å². The second-order valence-electron chi connectivity index (χ2n) is 5.23. The minimum atomic E-state index is -0.132. The second kappa shape index (κ2) is 5.49. The number of pyridine rings is 1. The van der Waals surface area contributed by atoms with Crippen molar-refractivity contribution < 1.29 is 5.11 Å². The van der Waals surface area contributed by atoms with Gasteiger partial charge in [0.2, 0.25) is 0 Å². The van der Waals surface area contributed by atoms with Gasteiger partial charge in [-0.3, -0.25) is 0 Å². The van der Waals surface area contributed by atoms with Gasteiger partial charge >= 0.3 is 0 Å². The predicted octanol–water partition coefficient (Wildman–Crippen LogP) is 2.24. The number of imidazole rings is 1. The summed E-state index contributed by atoms with van der Waals surface area (Å²) in [4.78, 5) is 4.52. The van der Waals surface area contributed by atoms with Gasteiger partial charge in [-0.25, -0.2) is 4.98 Å². The molecule has 1 saturated carbocycles. The fourth-order valence-corrected chi connectivity index (χ4v) is 2.91. The molecule has 0 amide bonds. The second-order valence-corrected chi connectivity index (χ2v) is 5.67. The van der Waals surface area contributed by atoms with Crippen LogP contribution in [-0.4, -0.2) is 27.1 Å². The summed E-state index contributed by atoms with van der Waals surface area (Å²) >= 11 is 5.94. The van der Waals surface area contributed by atoms with Crippen LogP contribution in [0.25, 0.3) is 5.65 Å². The number of hydrogen-bond donors (Lipinski definition) is 2. The summed E-state index contributed by atoms with van der Waals surface area (Å²) in [5.41, 5.74) is 1.90. The maximum Gasteiger partial charge on any atom is 0.137 e. The monoisotopic (exact) mass is 279 g/mol. The van der Waals surface area contributed by atoms with Crippen LogP contribution in [0.5, 0.6) is 0 Å². The Bertz CT molecular complexity index is 569. The first-order valence-corrected chi connectivity index (χ1v) is 7.12. The largest absolute Gasteiger partial charge is 0.393 e. The first-order chi connectivity index (χ1) is 9.22. The van der Waals surface area contributed by atoms with Crippen LogP contribution in [0.2, 0.25) is 5.02 Å². The highest BCUT2D eigenvalue weighted by atomic mass is 35.5. The molecule has 2 unspecified atom stereocenters. The molecular weight excluding hydrogens is 262 g/mol. The normalized spacial score (nSPS) is 23.3. The molecule has 2 N–H and O–H groups in total. The van der Waals surface area contributed by atoms with Crippen LogP contribution in [0.15, 0.2) is 24.5 Å². The van der Waals surface area contributed by atoms with Crippen molar-refractivity contribution in [3.8, 4) is 0 Å². The van der Waals surface area contributed by atoms with E-state index < -0.39 is 0 Å². The van der Waals surface area contributed by atoms with Crippen LogP contribution in [-0.2, 0) is 6.54 Å². The Balaban J connectivity index is 1.59. The topological polar surface area (TPSA) is 49.6 Å². The Morgan fingerprint density at radius 3 is 3.05 bits per heavy atom. The van der Waals surface area contributed by atoms with Gasteiger partial charge in [-0.1, -0.05) is 18.0 Å². The van der Waals surface area contributed by atoms with Crippen LogP contribution in [0, 0.1) is 5.92 Å². The lowest BCUT2D eigenvalue weighted by molar-refractivity contribution is 0.131. The molecule has 2 aromatic rings. The Kier molecular flexibility index (Phi) is 3.73. The molecule has 5 heteroatoms. The molecule has 3 rings (SSSR count). The van der Waals surface area contributed by atoms with Crippen LogP contribution in [0.4, 0.5) is 0 Å². The fourth-order valence-electron chi connectivity index (χ4n) is 2.74. The van der Waals surface area contributed by atoms with Crippen LogP contribution in [0.1, 0.15) is 25.0 Å². The molecule has 2 heterocycles. The molecule has 0 saturated heterocycles. The van der Waals surface area contributed by atoms with Crippen LogP contribution < -0.4 is 5.32 Å². The Morgan fingerprint density at radius 1 is 1.37 bits per heavy atom. The summed E-state index contributed by atoms with van der Waals surface area (Å²) in [6.45, 7) is 1.58. The van der Waals surface area contributed by atoms with Gasteiger partial charge in [0.1, 0.15) is 5.65 Å². The first kappa shape index (κ1) is 12.9. The summed E-state index contributed by atoms with van der Waals surface area (Å²) in [5.74, 6) is 0.395. The summed E-state index contributed by atoms with van der Waals surface area (Å²) in [5, 5.41) is 13.8. The van der Waals surface area contributed by atoms with Gasteiger partial charge in [0.15, 0.2) is 0 Å². The molecule has 0 spiro atoms. The maximum atomic E-state index is 9.76. The highest BCUT2D eigenvalue weighted by Gasteiger charge is 2.24. The SMILES string of the molecule is OC1CCCC1CNCc1cn2cc(Cl)ccc2n1. The number of fused-ring (bicyclic) bond motifs is 1. The average Bonchev–Trinajstić information content (AvgIpc) is 2.95. The lowest BCUT2D eigenvalue weighted by Crippen LogP contribution is -2.27. The standard InChI is InChI=1S/C14H18ClN3O/c15-11-4-5-14-17-12(9-18(14)8-11)7-16-6-10-2-1-3-13(10)19/h4-5,8-10,13,16,19H,1-3,6-7H2. The maximum absolute atomic E-state index is 9.76. The van der Waals surface area contributed by atoms with Crippen molar-refractivity contribution in [2.75, 3.05) is 6.54 Å². The number of aliphatic hydroxyl groups is 1. The van der Waals surface area contributed by atoms with Crippen molar-refractivity contribution >= 4 is 17.2 Å². The first-order valence-electron chi connectivity index (χ1n) is 6.74. The van der Waals surface area contributed by atoms with E-state index in [0.29, 0.717) is 10.9 Å².